The normalized spacial score (nSPS) is 10.9. The van der Waals surface area contributed by atoms with Crippen LogP contribution in [0.3, 0.4) is 0 Å². The second-order valence-corrected chi connectivity index (χ2v) is 4.53. The first kappa shape index (κ1) is 17.4. The van der Waals surface area contributed by atoms with Crippen molar-refractivity contribution in [2.45, 2.75) is 39.2 Å². The Kier molecular flexibility index (Phi) is 12.3. The van der Waals surface area contributed by atoms with Crippen LogP contribution in [0.5, 0.6) is 0 Å². The Morgan fingerprint density at radius 3 is 2.56 bits per heavy atom. The average Bonchev–Trinajstić information content (AvgIpc) is 2.30. The van der Waals surface area contributed by atoms with Gasteiger partial charge in [0.2, 0.25) is 5.91 Å². The summed E-state index contributed by atoms with van der Waals surface area (Å²) in [5, 5.41) is 6.11. The molecule has 5 heteroatoms. The van der Waals surface area contributed by atoms with E-state index in [2.05, 4.69) is 10.6 Å². The zero-order chi connectivity index (χ0) is 13.6. The van der Waals surface area contributed by atoms with Crippen molar-refractivity contribution in [3.05, 3.63) is 0 Å². The van der Waals surface area contributed by atoms with Crippen LogP contribution in [-0.4, -0.2) is 52.0 Å². The molecule has 0 heterocycles. The highest BCUT2D eigenvalue weighted by molar-refractivity contribution is 5.76. The minimum Gasteiger partial charge on any atom is -0.382 e. The molecule has 0 aromatic carbocycles. The van der Waals surface area contributed by atoms with Gasteiger partial charge < -0.3 is 20.1 Å². The molecular weight excluding hydrogens is 232 g/mol. The Morgan fingerprint density at radius 1 is 1.11 bits per heavy atom. The van der Waals surface area contributed by atoms with Crippen LogP contribution >= 0.6 is 0 Å². The van der Waals surface area contributed by atoms with E-state index in [-0.39, 0.29) is 11.9 Å². The lowest BCUT2D eigenvalue weighted by Crippen LogP contribution is -2.32. The Bertz CT molecular complexity index is 199. The first-order chi connectivity index (χ1) is 8.66. The molecule has 18 heavy (non-hydrogen) atoms. The van der Waals surface area contributed by atoms with E-state index < -0.39 is 0 Å². The lowest BCUT2D eigenvalue weighted by molar-refractivity contribution is -0.121. The van der Waals surface area contributed by atoms with E-state index in [1.807, 2.05) is 13.8 Å². The maximum absolute atomic E-state index is 11.3. The van der Waals surface area contributed by atoms with E-state index >= 15 is 0 Å². The molecular formula is C13H28N2O3. The molecule has 1 amide bonds. The number of ether oxygens (including phenoxy) is 2. The highest BCUT2D eigenvalue weighted by Crippen LogP contribution is 1.89. The second-order valence-electron chi connectivity index (χ2n) is 4.53. The molecule has 0 atom stereocenters. The summed E-state index contributed by atoms with van der Waals surface area (Å²) in [5.74, 6) is 0.111. The summed E-state index contributed by atoms with van der Waals surface area (Å²) in [4.78, 5) is 11.3. The zero-order valence-corrected chi connectivity index (χ0v) is 12.0. The van der Waals surface area contributed by atoms with Crippen LogP contribution in [0.15, 0.2) is 0 Å². The zero-order valence-electron chi connectivity index (χ0n) is 12.0. The van der Waals surface area contributed by atoms with Gasteiger partial charge in [0.15, 0.2) is 0 Å². The molecule has 0 aliphatic heterocycles. The molecule has 0 bridgehead atoms. The largest absolute Gasteiger partial charge is 0.382 e. The summed E-state index contributed by atoms with van der Waals surface area (Å²) < 4.78 is 10.2. The van der Waals surface area contributed by atoms with Crippen molar-refractivity contribution in [1.29, 1.82) is 0 Å². The Hall–Kier alpha value is -0.650. The maximum atomic E-state index is 11.3. The highest BCUT2D eigenvalue weighted by Gasteiger charge is 2.01. The molecule has 0 spiro atoms. The minimum atomic E-state index is 0.111. The van der Waals surface area contributed by atoms with Gasteiger partial charge in [0, 0.05) is 32.7 Å². The topological polar surface area (TPSA) is 59.6 Å². The first-order valence-electron chi connectivity index (χ1n) is 6.73. The maximum Gasteiger partial charge on any atom is 0.221 e. The van der Waals surface area contributed by atoms with Crippen LogP contribution in [-0.2, 0) is 14.3 Å². The first-order valence-corrected chi connectivity index (χ1v) is 6.73. The standard InChI is InChI=1S/C13H28N2O3/c1-12(2)15-13(16)6-8-14-7-4-5-9-18-11-10-17-3/h12,14H,4-11H2,1-3H3,(H,15,16). The highest BCUT2D eigenvalue weighted by atomic mass is 16.5. The van der Waals surface area contributed by atoms with Crippen molar-refractivity contribution in [2.24, 2.45) is 0 Å². The molecule has 0 fully saturated rings. The number of unbranched alkanes of at least 4 members (excludes halogenated alkanes) is 1. The number of hydrogen-bond acceptors (Lipinski definition) is 4. The molecule has 0 unspecified atom stereocenters. The van der Waals surface area contributed by atoms with Gasteiger partial charge in [-0.2, -0.15) is 0 Å². The quantitative estimate of drug-likeness (QED) is 0.513. The number of carbonyl (C=O) groups is 1. The molecule has 0 aromatic rings. The van der Waals surface area contributed by atoms with Crippen molar-refractivity contribution in [1.82, 2.24) is 10.6 Å². The fourth-order valence-corrected chi connectivity index (χ4v) is 1.42. The molecule has 108 valence electrons. The third kappa shape index (κ3) is 13.4. The van der Waals surface area contributed by atoms with E-state index in [0.29, 0.717) is 19.6 Å². The SMILES string of the molecule is COCCOCCCCNCCC(=O)NC(C)C. The minimum absolute atomic E-state index is 0.111. The van der Waals surface area contributed by atoms with Gasteiger partial charge in [-0.1, -0.05) is 0 Å². The fraction of sp³-hybridized carbons (Fsp3) is 0.923. The fourth-order valence-electron chi connectivity index (χ4n) is 1.42. The van der Waals surface area contributed by atoms with Crippen molar-refractivity contribution < 1.29 is 14.3 Å². The predicted octanol–water partition coefficient (Wildman–Crippen LogP) is 0.934. The molecule has 2 N–H and O–H groups in total. The summed E-state index contributed by atoms with van der Waals surface area (Å²) in [7, 11) is 1.67. The van der Waals surface area contributed by atoms with Gasteiger partial charge in [-0.25, -0.2) is 0 Å². The van der Waals surface area contributed by atoms with Gasteiger partial charge in [-0.15, -0.1) is 0 Å². The lowest BCUT2D eigenvalue weighted by Gasteiger charge is -2.08. The average molecular weight is 260 g/mol. The van der Waals surface area contributed by atoms with Gasteiger partial charge in [-0.3, -0.25) is 4.79 Å². The second kappa shape index (κ2) is 12.8. The number of methoxy groups -OCH3 is 1. The third-order valence-corrected chi connectivity index (χ3v) is 2.30. The lowest BCUT2D eigenvalue weighted by atomic mass is 10.3. The van der Waals surface area contributed by atoms with E-state index in [9.17, 15) is 4.79 Å². The number of amides is 1. The molecule has 0 aliphatic rings. The van der Waals surface area contributed by atoms with Gasteiger partial charge in [0.1, 0.15) is 0 Å². The van der Waals surface area contributed by atoms with E-state index in [1.165, 1.54) is 0 Å². The van der Waals surface area contributed by atoms with Crippen molar-refractivity contribution in [3.8, 4) is 0 Å². The molecule has 0 saturated carbocycles. The van der Waals surface area contributed by atoms with E-state index in [4.69, 9.17) is 9.47 Å². The van der Waals surface area contributed by atoms with Crippen LogP contribution < -0.4 is 10.6 Å². The van der Waals surface area contributed by atoms with Crippen molar-refractivity contribution in [2.75, 3.05) is 40.0 Å². The smallest absolute Gasteiger partial charge is 0.221 e. The number of rotatable bonds is 12. The van der Waals surface area contributed by atoms with Gasteiger partial charge in [0.05, 0.1) is 13.2 Å². The molecule has 0 aromatic heterocycles. The third-order valence-electron chi connectivity index (χ3n) is 2.30. The molecule has 0 rings (SSSR count). The van der Waals surface area contributed by atoms with E-state index in [1.54, 1.807) is 7.11 Å². The summed E-state index contributed by atoms with van der Waals surface area (Å²) in [5.41, 5.74) is 0. The van der Waals surface area contributed by atoms with Gasteiger partial charge in [-0.05, 0) is 33.2 Å². The Balaban J connectivity index is 3.09. The molecule has 0 aliphatic carbocycles. The van der Waals surface area contributed by atoms with Crippen LogP contribution in [0.4, 0.5) is 0 Å². The van der Waals surface area contributed by atoms with Gasteiger partial charge in [0.25, 0.3) is 0 Å². The molecule has 0 radical (unpaired) electrons. The summed E-state index contributed by atoms with van der Waals surface area (Å²) in [6.07, 6.45) is 2.65. The van der Waals surface area contributed by atoms with E-state index in [0.717, 1.165) is 32.5 Å². The van der Waals surface area contributed by atoms with Crippen molar-refractivity contribution in [3.63, 3.8) is 0 Å². The molecule has 0 saturated heterocycles. The van der Waals surface area contributed by atoms with Gasteiger partial charge >= 0.3 is 0 Å². The number of carbonyl (C=O) groups excluding carboxylic acids is 1. The summed E-state index contributed by atoms with van der Waals surface area (Å²) in [6, 6.07) is 0.224. The van der Waals surface area contributed by atoms with Crippen molar-refractivity contribution >= 4 is 5.91 Å². The number of hydrogen-bond donors (Lipinski definition) is 2. The Morgan fingerprint density at radius 2 is 1.89 bits per heavy atom. The predicted molar refractivity (Wildman–Crippen MR) is 72.7 cm³/mol. The van der Waals surface area contributed by atoms with Crippen LogP contribution in [0.2, 0.25) is 0 Å². The monoisotopic (exact) mass is 260 g/mol. The number of nitrogens with one attached hydrogen (secondary N) is 2. The molecule has 5 nitrogen and oxygen atoms in total. The summed E-state index contributed by atoms with van der Waals surface area (Å²) >= 11 is 0. The van der Waals surface area contributed by atoms with Crippen LogP contribution in [0.1, 0.15) is 33.1 Å². The summed E-state index contributed by atoms with van der Waals surface area (Å²) in [6.45, 7) is 7.71. The van der Waals surface area contributed by atoms with Crippen LogP contribution in [0.25, 0.3) is 0 Å². The van der Waals surface area contributed by atoms with Crippen LogP contribution in [0, 0.1) is 0 Å². The Labute approximate surface area is 111 Å².